The summed E-state index contributed by atoms with van der Waals surface area (Å²) in [6.07, 6.45) is 11.0. The van der Waals surface area contributed by atoms with Gasteiger partial charge in [0.25, 0.3) is 0 Å². The third-order valence-electron chi connectivity index (χ3n) is 5.93. The molecule has 2 aromatic rings. The molecule has 0 amide bonds. The Bertz CT molecular complexity index is 1110. The maximum atomic E-state index is 13.3. The molecule has 0 aliphatic carbocycles. The van der Waals surface area contributed by atoms with Crippen molar-refractivity contribution in [2.24, 2.45) is 0 Å². The van der Waals surface area contributed by atoms with Crippen molar-refractivity contribution in [2.75, 3.05) is 39.8 Å². The van der Waals surface area contributed by atoms with E-state index in [0.717, 1.165) is 12.8 Å². The zero-order chi connectivity index (χ0) is 31.3. The zero-order valence-corrected chi connectivity index (χ0v) is 28.1. The molecule has 0 bridgehead atoms. The Morgan fingerprint density at radius 2 is 1.39 bits per heavy atom. The van der Waals surface area contributed by atoms with E-state index in [0.29, 0.717) is 42.2 Å². The van der Waals surface area contributed by atoms with Gasteiger partial charge in [0.1, 0.15) is 5.56 Å². The number of fused-ring (bicyclic) bond motifs is 1. The van der Waals surface area contributed by atoms with Crippen molar-refractivity contribution >= 4 is 24.2 Å². The lowest BCUT2D eigenvalue weighted by Crippen LogP contribution is -2.22. The molecule has 0 saturated heterocycles. The molecular weight excluding hydrogens is 541 g/mol. The van der Waals surface area contributed by atoms with Crippen LogP contribution in [0.2, 0.25) is 0 Å². The molecule has 236 valence electrons. The Labute approximate surface area is 248 Å². The average molecular weight is 598 g/mol. The summed E-state index contributed by atoms with van der Waals surface area (Å²) < 4.78 is 36.2. The molecule has 41 heavy (non-hydrogen) atoms. The Hall–Kier alpha value is -2.31. The SMILES string of the molecule is CC.CC.CCCCCCCCCCOc1cc2c(=O)c(C(=O)OCC)cn(CCOP(C)(C)=O)c2cc1OCC. The molecule has 0 radical (unpaired) electrons. The molecule has 0 atom stereocenters. The van der Waals surface area contributed by atoms with Crippen molar-refractivity contribution in [1.82, 2.24) is 4.57 Å². The van der Waals surface area contributed by atoms with Crippen LogP contribution in [0.3, 0.4) is 0 Å². The lowest BCUT2D eigenvalue weighted by Gasteiger charge is -2.18. The van der Waals surface area contributed by atoms with Gasteiger partial charge in [-0.2, -0.15) is 0 Å². The first-order valence-corrected chi connectivity index (χ1v) is 18.1. The van der Waals surface area contributed by atoms with E-state index in [2.05, 4.69) is 6.92 Å². The maximum absolute atomic E-state index is 13.3. The molecule has 9 heteroatoms. The lowest BCUT2D eigenvalue weighted by atomic mass is 10.1. The number of benzene rings is 1. The molecule has 0 aliphatic rings. The fourth-order valence-electron chi connectivity index (χ4n) is 4.10. The number of rotatable bonds is 18. The second-order valence-corrected chi connectivity index (χ2v) is 12.2. The van der Waals surface area contributed by atoms with Crippen LogP contribution in [0.25, 0.3) is 10.9 Å². The highest BCUT2D eigenvalue weighted by atomic mass is 31.2. The number of hydrogen-bond acceptors (Lipinski definition) is 7. The number of aromatic nitrogens is 1. The molecule has 1 aromatic carbocycles. The number of hydrogen-bond donors (Lipinski definition) is 0. The van der Waals surface area contributed by atoms with Crippen molar-refractivity contribution in [3.63, 3.8) is 0 Å². The van der Waals surface area contributed by atoms with Gasteiger partial charge in [-0.05, 0) is 26.3 Å². The van der Waals surface area contributed by atoms with Crippen LogP contribution in [-0.4, -0.2) is 50.3 Å². The van der Waals surface area contributed by atoms with Crippen LogP contribution >= 0.6 is 7.37 Å². The van der Waals surface area contributed by atoms with Crippen LogP contribution in [0.4, 0.5) is 0 Å². The Balaban J connectivity index is 0.00000382. The van der Waals surface area contributed by atoms with Gasteiger partial charge >= 0.3 is 5.97 Å². The molecule has 1 heterocycles. The number of carbonyl (C=O) groups excluding carboxylic acids is 1. The van der Waals surface area contributed by atoms with E-state index in [-0.39, 0.29) is 18.8 Å². The second-order valence-electron chi connectivity index (χ2n) is 9.44. The Morgan fingerprint density at radius 3 is 1.95 bits per heavy atom. The van der Waals surface area contributed by atoms with Crippen molar-refractivity contribution in [3.05, 3.63) is 34.1 Å². The van der Waals surface area contributed by atoms with Gasteiger partial charge in [0.15, 0.2) is 18.9 Å². The minimum absolute atomic E-state index is 0.0660. The predicted molar refractivity (Wildman–Crippen MR) is 172 cm³/mol. The predicted octanol–water partition coefficient (Wildman–Crippen LogP) is 8.70. The first-order valence-electron chi connectivity index (χ1n) is 15.5. The zero-order valence-electron chi connectivity index (χ0n) is 27.2. The molecular formula is C32H56NO7P. The van der Waals surface area contributed by atoms with Crippen molar-refractivity contribution in [1.29, 1.82) is 0 Å². The molecule has 0 spiro atoms. The molecule has 0 fully saturated rings. The topological polar surface area (TPSA) is 93.1 Å². The summed E-state index contributed by atoms with van der Waals surface area (Å²) in [4.78, 5) is 25.8. The summed E-state index contributed by atoms with van der Waals surface area (Å²) in [5, 5.41) is 0.330. The first-order chi connectivity index (χ1) is 19.7. The number of ether oxygens (including phenoxy) is 3. The number of nitrogens with zero attached hydrogens (tertiary/aromatic N) is 1. The minimum atomic E-state index is -2.68. The summed E-state index contributed by atoms with van der Waals surface area (Å²) in [6.45, 7) is 18.4. The van der Waals surface area contributed by atoms with Crippen LogP contribution in [-0.2, 0) is 20.4 Å². The molecule has 0 N–H and O–H groups in total. The average Bonchev–Trinajstić information content (AvgIpc) is 2.95. The van der Waals surface area contributed by atoms with Crippen LogP contribution in [0.15, 0.2) is 23.1 Å². The summed E-state index contributed by atoms with van der Waals surface area (Å²) >= 11 is 0. The van der Waals surface area contributed by atoms with Gasteiger partial charge in [-0.1, -0.05) is 79.6 Å². The van der Waals surface area contributed by atoms with Crippen LogP contribution in [0, 0.1) is 0 Å². The van der Waals surface area contributed by atoms with E-state index < -0.39 is 18.8 Å². The van der Waals surface area contributed by atoms with Gasteiger partial charge in [-0.15, -0.1) is 0 Å². The van der Waals surface area contributed by atoms with E-state index in [1.165, 1.54) is 44.7 Å². The molecule has 8 nitrogen and oxygen atoms in total. The standard InChI is InChI=1S/C28H44NO7P.2C2H6/c1-6-9-10-11-12-13-14-15-17-35-25-19-22-24(20-26(25)33-7-2)29(16-18-36-37(4,5)32)21-23(27(22)30)28(31)34-8-3;2*1-2/h19-21H,6-18H2,1-5H3;2*1-2H3. The van der Waals surface area contributed by atoms with Crippen molar-refractivity contribution < 1.29 is 28.1 Å². The Kier molecular flexibility index (Phi) is 21.1. The summed E-state index contributed by atoms with van der Waals surface area (Å²) in [7, 11) is -2.68. The van der Waals surface area contributed by atoms with Crippen LogP contribution in [0.1, 0.15) is 110 Å². The van der Waals surface area contributed by atoms with Gasteiger partial charge in [0.2, 0.25) is 5.43 Å². The molecule has 0 unspecified atom stereocenters. The van der Waals surface area contributed by atoms with Gasteiger partial charge in [0.05, 0.1) is 37.3 Å². The molecule has 0 saturated carbocycles. The van der Waals surface area contributed by atoms with E-state index in [1.807, 2.05) is 34.6 Å². The Morgan fingerprint density at radius 1 is 0.805 bits per heavy atom. The van der Waals surface area contributed by atoms with Crippen molar-refractivity contribution in [2.45, 2.75) is 106 Å². The molecule has 1 aromatic heterocycles. The van der Waals surface area contributed by atoms with Gasteiger partial charge in [-0.25, -0.2) is 4.79 Å². The number of unbranched alkanes of at least 4 members (excludes halogenated alkanes) is 7. The summed E-state index contributed by atoms with van der Waals surface area (Å²) in [5.74, 6) is 0.324. The fraction of sp³-hybridized carbons (Fsp3) is 0.688. The van der Waals surface area contributed by atoms with E-state index in [9.17, 15) is 14.2 Å². The largest absolute Gasteiger partial charge is 0.490 e. The van der Waals surface area contributed by atoms with E-state index >= 15 is 0 Å². The highest BCUT2D eigenvalue weighted by Gasteiger charge is 2.20. The van der Waals surface area contributed by atoms with E-state index in [1.54, 1.807) is 37.0 Å². The first kappa shape index (κ1) is 38.7. The minimum Gasteiger partial charge on any atom is -0.490 e. The van der Waals surface area contributed by atoms with Gasteiger partial charge in [-0.3, -0.25) is 9.36 Å². The third-order valence-corrected chi connectivity index (χ3v) is 6.74. The lowest BCUT2D eigenvalue weighted by molar-refractivity contribution is 0.0524. The maximum Gasteiger partial charge on any atom is 0.343 e. The van der Waals surface area contributed by atoms with Gasteiger partial charge < -0.3 is 23.3 Å². The quantitative estimate of drug-likeness (QED) is 0.0964. The number of carbonyl (C=O) groups is 1. The normalized spacial score (nSPS) is 10.8. The fourth-order valence-corrected chi connectivity index (χ4v) is 4.62. The highest BCUT2D eigenvalue weighted by Crippen LogP contribution is 2.37. The number of esters is 1. The summed E-state index contributed by atoms with van der Waals surface area (Å²) in [6, 6.07) is 3.41. The highest BCUT2D eigenvalue weighted by molar-refractivity contribution is 7.57. The van der Waals surface area contributed by atoms with Crippen molar-refractivity contribution in [3.8, 4) is 11.5 Å². The number of pyridine rings is 1. The van der Waals surface area contributed by atoms with Crippen LogP contribution in [0.5, 0.6) is 11.5 Å². The van der Waals surface area contributed by atoms with Gasteiger partial charge in [0, 0.05) is 32.1 Å². The molecule has 2 rings (SSSR count). The van der Waals surface area contributed by atoms with E-state index in [4.69, 9.17) is 18.7 Å². The third kappa shape index (κ3) is 14.4. The van der Waals surface area contributed by atoms with Crippen LogP contribution < -0.4 is 14.9 Å². The monoisotopic (exact) mass is 597 g/mol. The second kappa shape index (κ2) is 22.3. The smallest absolute Gasteiger partial charge is 0.343 e. The summed E-state index contributed by atoms with van der Waals surface area (Å²) in [5.41, 5.74) is 0.0810. The molecule has 0 aliphatic heterocycles.